The van der Waals surface area contributed by atoms with E-state index in [2.05, 4.69) is 31.1 Å². The Bertz CT molecular complexity index is 659. The van der Waals surface area contributed by atoms with Gasteiger partial charge in [-0.15, -0.1) is 11.3 Å². The van der Waals surface area contributed by atoms with Gasteiger partial charge in [0.25, 0.3) is 0 Å². The lowest BCUT2D eigenvalue weighted by molar-refractivity contribution is 0.0601. The molecule has 0 radical (unpaired) electrons. The lowest BCUT2D eigenvalue weighted by atomic mass is 9.93. The molecule has 2 rings (SSSR count). The highest BCUT2D eigenvalue weighted by atomic mass is 32.1. The summed E-state index contributed by atoms with van der Waals surface area (Å²) < 4.78 is 4.71. The summed E-state index contributed by atoms with van der Waals surface area (Å²) in [6.07, 6.45) is 0. The molecule has 0 aliphatic heterocycles. The first-order valence-corrected chi connectivity index (χ1v) is 7.40. The van der Waals surface area contributed by atoms with Gasteiger partial charge in [-0.3, -0.25) is 0 Å². The second-order valence-corrected chi connectivity index (χ2v) is 6.56. The van der Waals surface area contributed by atoms with Crippen molar-refractivity contribution < 1.29 is 9.53 Å². The number of benzene rings is 1. The van der Waals surface area contributed by atoms with Crippen LogP contribution in [0.5, 0.6) is 0 Å². The lowest BCUT2D eigenvalue weighted by Crippen LogP contribution is -2.11. The fraction of sp³-hybridized carbons (Fsp3) is 0.333. The van der Waals surface area contributed by atoms with Gasteiger partial charge >= 0.3 is 5.97 Å². The number of thiazole rings is 1. The number of carbonyl (C=O) groups excluding carboxylic acids is 1. The Balaban J connectivity index is 2.27. The molecule has 1 heterocycles. The molecule has 0 fully saturated rings. The molecule has 0 amide bonds. The van der Waals surface area contributed by atoms with Crippen molar-refractivity contribution in [1.82, 2.24) is 4.98 Å². The van der Waals surface area contributed by atoms with E-state index in [9.17, 15) is 4.79 Å². The SMILES string of the molecule is COC(=O)c1ccc(N)c(Nc2nc(C(C)(C)C)cs2)c1. The number of rotatable bonds is 3. The van der Waals surface area contributed by atoms with Gasteiger partial charge in [0.2, 0.25) is 0 Å². The van der Waals surface area contributed by atoms with Gasteiger partial charge in [-0.25, -0.2) is 9.78 Å². The number of nitrogens with zero attached hydrogens (tertiary/aromatic N) is 1. The van der Waals surface area contributed by atoms with Gasteiger partial charge in [-0.2, -0.15) is 0 Å². The number of nitrogen functional groups attached to an aromatic ring is 1. The summed E-state index contributed by atoms with van der Waals surface area (Å²) in [5.41, 5.74) is 8.58. The smallest absolute Gasteiger partial charge is 0.337 e. The van der Waals surface area contributed by atoms with Crippen LogP contribution in [-0.4, -0.2) is 18.1 Å². The van der Waals surface area contributed by atoms with Crippen LogP contribution in [0.25, 0.3) is 0 Å². The first kappa shape index (κ1) is 15.3. The summed E-state index contributed by atoms with van der Waals surface area (Å²) in [6.45, 7) is 6.33. The zero-order valence-electron chi connectivity index (χ0n) is 12.6. The second-order valence-electron chi connectivity index (χ2n) is 5.71. The molecule has 5 nitrogen and oxygen atoms in total. The number of methoxy groups -OCH3 is 1. The highest BCUT2D eigenvalue weighted by Crippen LogP contribution is 2.30. The van der Waals surface area contributed by atoms with Crippen LogP contribution in [0.4, 0.5) is 16.5 Å². The van der Waals surface area contributed by atoms with Crippen LogP contribution in [0.3, 0.4) is 0 Å². The zero-order valence-corrected chi connectivity index (χ0v) is 13.4. The molecule has 0 aliphatic carbocycles. The summed E-state index contributed by atoms with van der Waals surface area (Å²) in [5, 5.41) is 5.92. The van der Waals surface area contributed by atoms with Gasteiger partial charge in [-0.05, 0) is 18.2 Å². The molecule has 0 bridgehead atoms. The highest BCUT2D eigenvalue weighted by molar-refractivity contribution is 7.13. The van der Waals surface area contributed by atoms with Crippen LogP contribution >= 0.6 is 11.3 Å². The Kier molecular flexibility index (Phi) is 4.18. The van der Waals surface area contributed by atoms with Gasteiger partial charge in [-0.1, -0.05) is 20.8 Å². The van der Waals surface area contributed by atoms with Gasteiger partial charge in [0.15, 0.2) is 5.13 Å². The molecule has 2 aromatic rings. The first-order chi connectivity index (χ1) is 9.81. The Hall–Kier alpha value is -2.08. The predicted octanol–water partition coefficient (Wildman–Crippen LogP) is 3.55. The fourth-order valence-electron chi connectivity index (χ4n) is 1.70. The molecule has 1 aromatic heterocycles. The van der Waals surface area contributed by atoms with Crippen molar-refractivity contribution >= 4 is 33.8 Å². The van der Waals surface area contributed by atoms with E-state index in [-0.39, 0.29) is 5.41 Å². The van der Waals surface area contributed by atoms with Gasteiger partial charge < -0.3 is 15.8 Å². The van der Waals surface area contributed by atoms with Gasteiger partial charge in [0.1, 0.15) is 0 Å². The number of nitrogens with two attached hydrogens (primary N) is 1. The topological polar surface area (TPSA) is 77.2 Å². The van der Waals surface area contributed by atoms with Crippen molar-refractivity contribution in [1.29, 1.82) is 0 Å². The molecule has 0 spiro atoms. The molecule has 21 heavy (non-hydrogen) atoms. The van der Waals surface area contributed by atoms with Crippen LogP contribution < -0.4 is 11.1 Å². The Morgan fingerprint density at radius 2 is 2.10 bits per heavy atom. The van der Waals surface area contributed by atoms with Crippen LogP contribution in [0.15, 0.2) is 23.6 Å². The van der Waals surface area contributed by atoms with Crippen molar-refractivity contribution in [2.75, 3.05) is 18.2 Å². The summed E-state index contributed by atoms with van der Waals surface area (Å²) >= 11 is 1.51. The number of hydrogen-bond acceptors (Lipinski definition) is 6. The van der Waals surface area contributed by atoms with E-state index in [1.807, 2.05) is 5.38 Å². The van der Waals surface area contributed by atoms with Crippen molar-refractivity contribution in [3.8, 4) is 0 Å². The molecular weight excluding hydrogens is 286 g/mol. The third-order valence-electron chi connectivity index (χ3n) is 2.99. The van der Waals surface area contributed by atoms with Crippen molar-refractivity contribution in [3.05, 3.63) is 34.8 Å². The quantitative estimate of drug-likeness (QED) is 0.670. The molecule has 1 aromatic carbocycles. The maximum atomic E-state index is 11.6. The molecule has 3 N–H and O–H groups in total. The van der Waals surface area contributed by atoms with E-state index in [1.165, 1.54) is 18.4 Å². The predicted molar refractivity (Wildman–Crippen MR) is 86.3 cm³/mol. The van der Waals surface area contributed by atoms with Crippen LogP contribution in [0.1, 0.15) is 36.8 Å². The minimum Gasteiger partial charge on any atom is -0.465 e. The fourth-order valence-corrected chi connectivity index (χ4v) is 2.65. The molecular formula is C15H19N3O2S. The van der Waals surface area contributed by atoms with E-state index in [4.69, 9.17) is 10.5 Å². The summed E-state index contributed by atoms with van der Waals surface area (Å²) in [6, 6.07) is 4.97. The molecule has 6 heteroatoms. The lowest BCUT2D eigenvalue weighted by Gasteiger charge is -2.14. The minimum absolute atomic E-state index is 0.00413. The number of esters is 1. The number of aromatic nitrogens is 1. The van der Waals surface area contributed by atoms with E-state index >= 15 is 0 Å². The van der Waals surface area contributed by atoms with E-state index in [1.54, 1.807) is 18.2 Å². The molecule has 0 atom stereocenters. The van der Waals surface area contributed by atoms with Crippen LogP contribution in [-0.2, 0) is 10.2 Å². The van der Waals surface area contributed by atoms with E-state index < -0.39 is 5.97 Å². The molecule has 112 valence electrons. The first-order valence-electron chi connectivity index (χ1n) is 6.52. The number of hydrogen-bond donors (Lipinski definition) is 2. The zero-order chi connectivity index (χ0) is 15.6. The second kappa shape index (κ2) is 5.73. The third kappa shape index (κ3) is 3.52. The molecule has 0 saturated heterocycles. The van der Waals surface area contributed by atoms with Gasteiger partial charge in [0.05, 0.1) is 29.7 Å². The van der Waals surface area contributed by atoms with Crippen molar-refractivity contribution in [2.45, 2.75) is 26.2 Å². The Morgan fingerprint density at radius 1 is 1.38 bits per heavy atom. The normalized spacial score (nSPS) is 11.2. The van der Waals surface area contributed by atoms with E-state index in [0.29, 0.717) is 16.9 Å². The third-order valence-corrected chi connectivity index (χ3v) is 3.75. The number of anilines is 3. The number of nitrogens with one attached hydrogen (secondary N) is 1. The Morgan fingerprint density at radius 3 is 2.67 bits per heavy atom. The largest absolute Gasteiger partial charge is 0.465 e. The molecule has 0 saturated carbocycles. The van der Waals surface area contributed by atoms with Crippen molar-refractivity contribution in [3.63, 3.8) is 0 Å². The van der Waals surface area contributed by atoms with Gasteiger partial charge in [0, 0.05) is 10.8 Å². The highest BCUT2D eigenvalue weighted by Gasteiger charge is 2.18. The van der Waals surface area contributed by atoms with Crippen molar-refractivity contribution in [2.24, 2.45) is 0 Å². The molecule has 0 aliphatic rings. The standard InChI is InChI=1S/C15H19N3O2S/c1-15(2,3)12-8-21-14(18-12)17-11-7-9(13(19)20-4)5-6-10(11)16/h5-8H,16H2,1-4H3,(H,17,18). The number of carbonyl (C=O) groups is 1. The average molecular weight is 305 g/mol. The minimum atomic E-state index is -0.396. The molecule has 0 unspecified atom stereocenters. The number of ether oxygens (including phenoxy) is 1. The maximum absolute atomic E-state index is 11.6. The van der Waals surface area contributed by atoms with E-state index in [0.717, 1.165) is 10.8 Å². The summed E-state index contributed by atoms with van der Waals surface area (Å²) in [4.78, 5) is 16.1. The van der Waals surface area contributed by atoms with Crippen LogP contribution in [0.2, 0.25) is 0 Å². The summed E-state index contributed by atoms with van der Waals surface area (Å²) in [7, 11) is 1.35. The average Bonchev–Trinajstić information content (AvgIpc) is 2.89. The maximum Gasteiger partial charge on any atom is 0.337 e. The Labute approximate surface area is 128 Å². The van der Waals surface area contributed by atoms with Crippen LogP contribution in [0, 0.1) is 0 Å². The monoisotopic (exact) mass is 305 g/mol. The summed E-state index contributed by atoms with van der Waals surface area (Å²) in [5.74, 6) is -0.396.